The van der Waals surface area contributed by atoms with Crippen LogP contribution in [0, 0.1) is 3.57 Å². The minimum absolute atomic E-state index is 0. The lowest BCUT2D eigenvalue weighted by Gasteiger charge is -2.13. The summed E-state index contributed by atoms with van der Waals surface area (Å²) in [6.07, 6.45) is 0. The van der Waals surface area contributed by atoms with Gasteiger partial charge in [-0.3, -0.25) is 0 Å². The van der Waals surface area contributed by atoms with Crippen molar-refractivity contribution in [2.75, 3.05) is 0 Å². The van der Waals surface area contributed by atoms with E-state index in [9.17, 15) is 21.6 Å². The van der Waals surface area contributed by atoms with Gasteiger partial charge in [0, 0.05) is 9.13 Å². The van der Waals surface area contributed by atoms with Crippen molar-refractivity contribution < 1.29 is 25.8 Å². The first-order chi connectivity index (χ1) is 9.71. The number of rotatable bonds is 3. The topological polar surface area (TPSA) is 43.4 Å². The smallest absolute Gasteiger partial charge is 0.375 e. The molecule has 0 bridgehead atoms. The summed E-state index contributed by atoms with van der Waals surface area (Å²) in [6, 6.07) is 12.5. The summed E-state index contributed by atoms with van der Waals surface area (Å²) in [4.78, 5) is 0. The lowest BCUT2D eigenvalue weighted by Crippen LogP contribution is -2.28. The van der Waals surface area contributed by atoms with Gasteiger partial charge < -0.3 is 4.18 Å². The van der Waals surface area contributed by atoms with Gasteiger partial charge in [-0.15, -0.1) is 24.0 Å². The van der Waals surface area contributed by atoms with Crippen molar-refractivity contribution in [2.24, 2.45) is 0 Å². The summed E-state index contributed by atoms with van der Waals surface area (Å²) in [5.74, 6) is -0.365. The summed E-state index contributed by atoms with van der Waals surface area (Å²) >= 11 is 2.08. The van der Waals surface area contributed by atoms with Crippen LogP contribution in [-0.2, 0) is 10.1 Å². The zero-order valence-corrected chi connectivity index (χ0v) is 16.0. The van der Waals surface area contributed by atoms with Gasteiger partial charge in [0.25, 0.3) is 0 Å². The molecular weight excluding hydrogens is 547 g/mol. The number of benzene rings is 2. The first-order valence-corrected chi connectivity index (χ1v) is 8.05. The fourth-order valence-electron chi connectivity index (χ4n) is 1.57. The minimum Gasteiger partial charge on any atom is -0.375 e. The van der Waals surface area contributed by atoms with Crippen LogP contribution in [0.25, 0.3) is 11.1 Å². The number of halogens is 5. The van der Waals surface area contributed by atoms with Crippen molar-refractivity contribution >= 4 is 56.7 Å². The number of alkyl halides is 3. The van der Waals surface area contributed by atoms with Gasteiger partial charge in [0.05, 0.1) is 0 Å². The highest BCUT2D eigenvalue weighted by Crippen LogP contribution is 2.34. The average Bonchev–Trinajstić information content (AvgIpc) is 2.39. The normalized spacial score (nSPS) is 11.6. The van der Waals surface area contributed by atoms with Gasteiger partial charge in [0.1, 0.15) is 0 Å². The fourth-order valence-corrected chi connectivity index (χ4v) is 2.41. The van der Waals surface area contributed by atoms with Crippen molar-refractivity contribution in [1.82, 2.24) is 0 Å². The molecule has 0 amide bonds. The van der Waals surface area contributed by atoms with E-state index in [0.29, 0.717) is 5.56 Å². The Morgan fingerprint density at radius 1 is 0.955 bits per heavy atom. The summed E-state index contributed by atoms with van der Waals surface area (Å²) in [5.41, 5.74) is -4.64. The van der Waals surface area contributed by atoms with Crippen LogP contribution in [-0.4, -0.2) is 13.9 Å². The van der Waals surface area contributed by atoms with Gasteiger partial charge in [-0.25, -0.2) is 0 Å². The Bertz CT molecular complexity index is 744. The highest BCUT2D eigenvalue weighted by atomic mass is 127. The van der Waals surface area contributed by atoms with Crippen LogP contribution < -0.4 is 4.18 Å². The first kappa shape index (κ1) is 19.5. The van der Waals surface area contributed by atoms with E-state index in [1.807, 2.05) is 0 Å². The number of para-hydroxylation sites is 1. The Balaban J connectivity index is 0.00000242. The van der Waals surface area contributed by atoms with E-state index >= 15 is 0 Å². The van der Waals surface area contributed by atoms with Crippen LogP contribution >= 0.6 is 46.6 Å². The molecule has 0 aliphatic heterocycles. The zero-order chi connectivity index (χ0) is 15.7. The summed E-state index contributed by atoms with van der Waals surface area (Å²) in [6.45, 7) is 0. The molecule has 2 rings (SSSR count). The Hall–Kier alpha value is -0.560. The van der Waals surface area contributed by atoms with Gasteiger partial charge in [0.2, 0.25) is 0 Å². The van der Waals surface area contributed by atoms with Crippen molar-refractivity contribution in [1.29, 1.82) is 0 Å². The second-order valence-corrected chi connectivity index (χ2v) is 6.77. The monoisotopic (exact) mass is 556 g/mol. The fraction of sp³-hybridized carbons (Fsp3) is 0.0769. The molecule has 0 fully saturated rings. The molecule has 2 aromatic carbocycles. The van der Waals surface area contributed by atoms with Crippen LogP contribution in [0.4, 0.5) is 13.2 Å². The maximum absolute atomic E-state index is 12.4. The van der Waals surface area contributed by atoms with Gasteiger partial charge in [0.15, 0.2) is 5.75 Å². The molecule has 0 N–H and O–H groups in total. The molecule has 9 heteroatoms. The largest absolute Gasteiger partial charge is 0.534 e. The van der Waals surface area contributed by atoms with E-state index < -0.39 is 15.6 Å². The van der Waals surface area contributed by atoms with E-state index in [-0.39, 0.29) is 35.3 Å². The molecule has 0 saturated carbocycles. The van der Waals surface area contributed by atoms with Gasteiger partial charge in [-0.1, -0.05) is 30.3 Å². The zero-order valence-electron chi connectivity index (χ0n) is 10.7. The molecule has 0 radical (unpaired) electrons. The summed E-state index contributed by atoms with van der Waals surface area (Å²) in [7, 11) is -5.69. The quantitative estimate of drug-likeness (QED) is 0.310. The Labute approximate surface area is 156 Å². The highest BCUT2D eigenvalue weighted by Gasteiger charge is 2.48. The SMILES string of the molecule is I.O=S(=O)(Oc1ccccc1-c1ccc(I)cc1)C(F)(F)F. The summed E-state index contributed by atoms with van der Waals surface area (Å²) in [5, 5.41) is 0. The maximum Gasteiger partial charge on any atom is 0.534 e. The molecule has 2 aromatic rings. The van der Waals surface area contributed by atoms with Crippen LogP contribution in [0.5, 0.6) is 5.75 Å². The molecule has 0 aromatic heterocycles. The van der Waals surface area contributed by atoms with Crippen molar-refractivity contribution in [3.05, 3.63) is 52.1 Å². The predicted octanol–water partition coefficient (Wildman–Crippen LogP) is 4.80. The van der Waals surface area contributed by atoms with E-state index in [4.69, 9.17) is 0 Å². The van der Waals surface area contributed by atoms with E-state index in [1.165, 1.54) is 18.2 Å². The molecule has 22 heavy (non-hydrogen) atoms. The molecule has 3 nitrogen and oxygen atoms in total. The van der Waals surface area contributed by atoms with E-state index in [2.05, 4.69) is 26.8 Å². The van der Waals surface area contributed by atoms with Crippen LogP contribution in [0.15, 0.2) is 48.5 Å². The molecule has 0 heterocycles. The molecule has 0 unspecified atom stereocenters. The first-order valence-electron chi connectivity index (χ1n) is 5.56. The van der Waals surface area contributed by atoms with Crippen LogP contribution in [0.3, 0.4) is 0 Å². The summed E-state index contributed by atoms with van der Waals surface area (Å²) < 4.78 is 64.6. The highest BCUT2D eigenvalue weighted by molar-refractivity contribution is 14.1. The van der Waals surface area contributed by atoms with Gasteiger partial charge >= 0.3 is 15.6 Å². The third-order valence-electron chi connectivity index (χ3n) is 2.53. The van der Waals surface area contributed by atoms with Crippen molar-refractivity contribution in [3.63, 3.8) is 0 Å². The van der Waals surface area contributed by atoms with Gasteiger partial charge in [-0.05, 0) is 46.4 Å². The Kier molecular flexibility index (Phi) is 6.50. The van der Waals surface area contributed by atoms with Crippen LogP contribution in [0.1, 0.15) is 0 Å². The standard InChI is InChI=1S/C13H8F3IO3S.HI/c14-13(15,16)21(18,19)20-12-4-2-1-3-11(12)9-5-7-10(17)8-6-9;/h1-8H;1H. The number of hydrogen-bond donors (Lipinski definition) is 0. The van der Waals surface area contributed by atoms with E-state index in [1.54, 1.807) is 30.3 Å². The minimum atomic E-state index is -5.69. The third kappa shape index (κ3) is 4.47. The van der Waals surface area contributed by atoms with Crippen LogP contribution in [0.2, 0.25) is 0 Å². The number of hydrogen-bond acceptors (Lipinski definition) is 3. The molecular formula is C13H9F3I2O3S. The molecule has 0 spiro atoms. The van der Waals surface area contributed by atoms with Crippen molar-refractivity contribution in [3.8, 4) is 16.9 Å². The third-order valence-corrected chi connectivity index (χ3v) is 4.21. The Morgan fingerprint density at radius 3 is 2.05 bits per heavy atom. The Morgan fingerprint density at radius 2 is 1.50 bits per heavy atom. The second kappa shape index (κ2) is 7.34. The average molecular weight is 556 g/mol. The lowest BCUT2D eigenvalue weighted by atomic mass is 10.1. The predicted molar refractivity (Wildman–Crippen MR) is 95.6 cm³/mol. The lowest BCUT2D eigenvalue weighted by molar-refractivity contribution is -0.0499. The van der Waals surface area contributed by atoms with Gasteiger partial charge in [-0.2, -0.15) is 21.6 Å². The maximum atomic E-state index is 12.4. The van der Waals surface area contributed by atoms with Crippen molar-refractivity contribution in [2.45, 2.75) is 5.51 Å². The molecule has 0 saturated heterocycles. The molecule has 120 valence electrons. The molecule has 0 atom stereocenters. The molecule has 0 aliphatic rings. The second-order valence-electron chi connectivity index (χ2n) is 3.99. The van der Waals surface area contributed by atoms with E-state index in [0.717, 1.165) is 3.57 Å². The molecule has 0 aliphatic carbocycles.